The molecule has 2 aromatic heterocycles. The lowest BCUT2D eigenvalue weighted by Crippen LogP contribution is -2.27. The zero-order valence-corrected chi connectivity index (χ0v) is 19.6. The first-order chi connectivity index (χ1) is 17.4. The molecule has 1 N–H and O–H groups in total. The summed E-state index contributed by atoms with van der Waals surface area (Å²) >= 11 is 0. The lowest BCUT2D eigenvalue weighted by molar-refractivity contribution is 0.102. The van der Waals surface area contributed by atoms with Crippen LogP contribution in [0.5, 0.6) is 0 Å². The topological polar surface area (TPSA) is 85.1 Å². The number of hydrogen-bond donors (Lipinski definition) is 1. The molecule has 2 aromatic carbocycles. The summed E-state index contributed by atoms with van der Waals surface area (Å²) < 4.78 is 31.2. The normalized spacial score (nSPS) is 17.6. The molecule has 3 heterocycles. The summed E-state index contributed by atoms with van der Waals surface area (Å²) in [5.74, 6) is -1.98. The predicted octanol–water partition coefficient (Wildman–Crippen LogP) is 4.29. The number of benzene rings is 2. The van der Waals surface area contributed by atoms with E-state index >= 15 is 0 Å². The molecule has 4 aromatic rings. The third kappa shape index (κ3) is 3.82. The minimum Gasteiger partial charge on any atom is -0.369 e. The molecule has 1 aliphatic heterocycles. The first-order valence-corrected chi connectivity index (χ1v) is 12.0. The van der Waals surface area contributed by atoms with Crippen LogP contribution in [0, 0.1) is 17.6 Å². The Balaban J connectivity index is 1.39. The highest BCUT2D eigenvalue weighted by Gasteiger charge is 2.29. The molecule has 0 unspecified atom stereocenters. The number of aromatic nitrogens is 4. The van der Waals surface area contributed by atoms with Crippen LogP contribution in [0.15, 0.2) is 53.5 Å². The summed E-state index contributed by atoms with van der Waals surface area (Å²) in [5.41, 5.74) is 0.978. The molecule has 1 aliphatic carbocycles. The molecule has 0 radical (unpaired) electrons. The van der Waals surface area contributed by atoms with Crippen LogP contribution < -0.4 is 15.8 Å². The number of nitrogens with one attached hydrogen (secondary N) is 1. The lowest BCUT2D eigenvalue weighted by atomic mass is 10.1. The second kappa shape index (κ2) is 8.54. The number of para-hydroxylation sites is 1. The number of rotatable bonds is 5. The van der Waals surface area contributed by atoms with Gasteiger partial charge in [-0.15, -0.1) is 0 Å². The second-order valence-electron chi connectivity index (χ2n) is 9.55. The zero-order valence-electron chi connectivity index (χ0n) is 19.6. The van der Waals surface area contributed by atoms with E-state index in [0.29, 0.717) is 22.3 Å². The van der Waals surface area contributed by atoms with Gasteiger partial charge in [-0.05, 0) is 55.5 Å². The van der Waals surface area contributed by atoms with Gasteiger partial charge in [-0.25, -0.2) is 8.78 Å². The van der Waals surface area contributed by atoms with Crippen LogP contribution in [0.2, 0.25) is 0 Å². The summed E-state index contributed by atoms with van der Waals surface area (Å²) in [6.07, 6.45) is 5.10. The molecule has 1 atom stereocenters. The Kier molecular flexibility index (Phi) is 5.31. The van der Waals surface area contributed by atoms with E-state index in [0.717, 1.165) is 67.1 Å². The zero-order chi connectivity index (χ0) is 25.0. The highest BCUT2D eigenvalue weighted by atomic mass is 19.1. The van der Waals surface area contributed by atoms with Crippen molar-refractivity contribution in [3.05, 3.63) is 76.3 Å². The van der Waals surface area contributed by atoms with Crippen molar-refractivity contribution in [3.63, 3.8) is 0 Å². The van der Waals surface area contributed by atoms with E-state index in [1.54, 1.807) is 0 Å². The molecule has 36 heavy (non-hydrogen) atoms. The number of carbonyl (C=O) groups is 1. The Labute approximate surface area is 205 Å². The number of hydrogen-bond acceptors (Lipinski definition) is 5. The average Bonchev–Trinajstić information content (AvgIpc) is 3.46. The second-order valence-corrected chi connectivity index (χ2v) is 9.55. The maximum Gasteiger partial charge on any atom is 0.276 e. The number of amides is 1. The molecule has 2 fully saturated rings. The Morgan fingerprint density at radius 2 is 1.81 bits per heavy atom. The summed E-state index contributed by atoms with van der Waals surface area (Å²) in [5, 5.41) is 12.5. The first-order valence-electron chi connectivity index (χ1n) is 12.0. The summed E-state index contributed by atoms with van der Waals surface area (Å²) in [4.78, 5) is 27.9. The maximum absolute atomic E-state index is 14.3. The molecule has 184 valence electrons. The molecular formula is C26H24F2N6O2. The molecule has 0 spiro atoms. The first kappa shape index (κ1) is 22.4. The van der Waals surface area contributed by atoms with E-state index in [1.807, 2.05) is 23.0 Å². The Bertz CT molecular complexity index is 1540. The van der Waals surface area contributed by atoms with E-state index in [-0.39, 0.29) is 5.69 Å². The minimum absolute atomic E-state index is 0.147. The number of anilines is 2. The highest BCUT2D eigenvalue weighted by Crippen LogP contribution is 2.42. The number of halogens is 2. The van der Waals surface area contributed by atoms with Crippen LogP contribution in [0.25, 0.3) is 16.6 Å². The van der Waals surface area contributed by atoms with E-state index in [9.17, 15) is 18.4 Å². The summed E-state index contributed by atoms with van der Waals surface area (Å²) in [6, 6.07) is 9.77. The van der Waals surface area contributed by atoms with Gasteiger partial charge in [0.15, 0.2) is 11.6 Å². The standard InChI is InChI=1S/C26H24F2N6O2/c1-15-11-12-32(14-15)24-17-13-29-33(16-5-6-16)22(17)9-7-20(24)30-26(36)21-8-10-23(35)34(31-21)25-18(27)3-2-4-19(25)28/h2-4,7-10,13,15-16H,5-6,11-12,14H2,1H3,(H,30,36)/t15-/m0/s1. The SMILES string of the molecule is C[C@H]1CCN(c2c(NC(=O)c3ccc(=O)n(-c4c(F)cccc4F)n3)ccc3c2cnn3C2CC2)C1. The van der Waals surface area contributed by atoms with Crippen LogP contribution in [0.4, 0.5) is 20.2 Å². The molecule has 6 rings (SSSR count). The fourth-order valence-electron chi connectivity index (χ4n) is 4.87. The molecule has 2 aliphatic rings. The van der Waals surface area contributed by atoms with Crippen molar-refractivity contribution in [3.8, 4) is 5.69 Å². The van der Waals surface area contributed by atoms with Crippen molar-refractivity contribution >= 4 is 28.2 Å². The van der Waals surface area contributed by atoms with Gasteiger partial charge >= 0.3 is 0 Å². The average molecular weight is 491 g/mol. The maximum atomic E-state index is 14.3. The third-order valence-corrected chi connectivity index (χ3v) is 6.82. The molecule has 1 amide bonds. The predicted molar refractivity (Wildman–Crippen MR) is 132 cm³/mol. The van der Waals surface area contributed by atoms with Crippen molar-refractivity contribution in [2.75, 3.05) is 23.3 Å². The van der Waals surface area contributed by atoms with Crippen molar-refractivity contribution in [2.45, 2.75) is 32.2 Å². The van der Waals surface area contributed by atoms with Gasteiger partial charge in [0.2, 0.25) is 0 Å². The fourth-order valence-corrected chi connectivity index (χ4v) is 4.87. The van der Waals surface area contributed by atoms with Gasteiger partial charge in [0.1, 0.15) is 11.4 Å². The van der Waals surface area contributed by atoms with Gasteiger partial charge in [0.25, 0.3) is 11.5 Å². The van der Waals surface area contributed by atoms with Crippen LogP contribution in [0.1, 0.15) is 42.7 Å². The van der Waals surface area contributed by atoms with Gasteiger partial charge in [-0.2, -0.15) is 14.9 Å². The summed E-state index contributed by atoms with van der Waals surface area (Å²) in [6.45, 7) is 3.90. The monoisotopic (exact) mass is 490 g/mol. The highest BCUT2D eigenvalue weighted by molar-refractivity contribution is 6.08. The van der Waals surface area contributed by atoms with E-state index < -0.39 is 28.8 Å². The van der Waals surface area contributed by atoms with Crippen LogP contribution in [0.3, 0.4) is 0 Å². The van der Waals surface area contributed by atoms with Crippen molar-refractivity contribution in [2.24, 2.45) is 5.92 Å². The van der Waals surface area contributed by atoms with Gasteiger partial charge in [0.05, 0.1) is 29.1 Å². The quantitative estimate of drug-likeness (QED) is 0.451. The van der Waals surface area contributed by atoms with Crippen molar-refractivity contribution < 1.29 is 13.6 Å². The van der Waals surface area contributed by atoms with E-state index in [2.05, 4.69) is 27.3 Å². The van der Waals surface area contributed by atoms with E-state index in [1.165, 1.54) is 12.1 Å². The van der Waals surface area contributed by atoms with Crippen LogP contribution >= 0.6 is 0 Å². The number of nitrogens with zero attached hydrogens (tertiary/aromatic N) is 5. The molecule has 8 nitrogen and oxygen atoms in total. The van der Waals surface area contributed by atoms with Gasteiger partial charge < -0.3 is 10.2 Å². The van der Waals surface area contributed by atoms with Crippen LogP contribution in [-0.2, 0) is 0 Å². The Morgan fingerprint density at radius 3 is 2.50 bits per heavy atom. The van der Waals surface area contributed by atoms with Gasteiger partial charge in [0, 0.05) is 24.5 Å². The fraction of sp³-hybridized carbons (Fsp3) is 0.308. The molecule has 10 heteroatoms. The van der Waals surface area contributed by atoms with Crippen molar-refractivity contribution in [1.82, 2.24) is 19.6 Å². The minimum atomic E-state index is -0.953. The van der Waals surface area contributed by atoms with Gasteiger partial charge in [-0.3, -0.25) is 14.3 Å². The Hall–Kier alpha value is -4.08. The van der Waals surface area contributed by atoms with Crippen LogP contribution in [-0.4, -0.2) is 38.6 Å². The Morgan fingerprint density at radius 1 is 1.03 bits per heavy atom. The smallest absolute Gasteiger partial charge is 0.276 e. The lowest BCUT2D eigenvalue weighted by Gasteiger charge is -2.23. The number of fused-ring (bicyclic) bond motifs is 1. The largest absolute Gasteiger partial charge is 0.369 e. The van der Waals surface area contributed by atoms with E-state index in [4.69, 9.17) is 0 Å². The molecule has 0 bridgehead atoms. The number of carbonyl (C=O) groups excluding carboxylic acids is 1. The summed E-state index contributed by atoms with van der Waals surface area (Å²) in [7, 11) is 0. The van der Waals surface area contributed by atoms with Gasteiger partial charge in [-0.1, -0.05) is 13.0 Å². The third-order valence-electron chi connectivity index (χ3n) is 6.82. The molecule has 1 saturated carbocycles. The molecular weight excluding hydrogens is 466 g/mol. The molecule has 1 saturated heterocycles. The van der Waals surface area contributed by atoms with Crippen molar-refractivity contribution in [1.29, 1.82) is 0 Å².